The van der Waals surface area contributed by atoms with Gasteiger partial charge in [0.15, 0.2) is 0 Å². The van der Waals surface area contributed by atoms with Crippen molar-refractivity contribution >= 4 is 21.7 Å². The lowest BCUT2D eigenvalue weighted by atomic mass is 10.2. The average molecular weight is 254 g/mol. The van der Waals surface area contributed by atoms with Crippen LogP contribution >= 0.6 is 0 Å². The summed E-state index contributed by atoms with van der Waals surface area (Å²) in [5, 5.41) is 2.10. The number of aromatic nitrogens is 2. The van der Waals surface area contributed by atoms with Crippen LogP contribution in [0.1, 0.15) is 0 Å². The van der Waals surface area contributed by atoms with E-state index in [-0.39, 0.29) is 0 Å². The van der Waals surface area contributed by atoms with Gasteiger partial charge in [0.1, 0.15) is 20.9 Å². The number of benzene rings is 1. The van der Waals surface area contributed by atoms with Crippen LogP contribution in [0.5, 0.6) is 0 Å². The Hall–Kier alpha value is -2.07. The second-order valence-electron chi connectivity index (χ2n) is 3.78. The van der Waals surface area contributed by atoms with E-state index in [2.05, 4.69) is 9.97 Å². The van der Waals surface area contributed by atoms with Gasteiger partial charge >= 0.3 is 0 Å². The van der Waals surface area contributed by atoms with E-state index < -0.39 is 10.8 Å². The lowest BCUT2D eigenvalue weighted by molar-refractivity contribution is 0.678. The number of hydrogen-bond acceptors (Lipinski definition) is 3. The van der Waals surface area contributed by atoms with E-state index in [0.29, 0.717) is 10.1 Å². The van der Waals surface area contributed by atoms with Crippen molar-refractivity contribution in [3.8, 4) is 0 Å². The molecule has 0 saturated heterocycles. The molecule has 0 saturated carbocycles. The highest BCUT2D eigenvalue weighted by atomic mass is 32.2. The monoisotopic (exact) mass is 254 g/mol. The zero-order valence-electron chi connectivity index (χ0n) is 9.48. The van der Waals surface area contributed by atoms with Crippen LogP contribution in [-0.2, 0) is 10.8 Å². The lowest BCUT2D eigenvalue weighted by Gasteiger charge is -2.02. The highest BCUT2D eigenvalue weighted by Crippen LogP contribution is 2.16. The van der Waals surface area contributed by atoms with E-state index >= 15 is 0 Å². The first-order chi connectivity index (χ1) is 8.84. The first-order valence-corrected chi connectivity index (χ1v) is 6.68. The van der Waals surface area contributed by atoms with E-state index in [1.807, 2.05) is 36.4 Å². The Labute approximate surface area is 107 Å². The van der Waals surface area contributed by atoms with Gasteiger partial charge in [-0.15, -0.1) is 0 Å². The molecule has 3 rings (SSSR count). The fourth-order valence-electron chi connectivity index (χ4n) is 1.71. The molecule has 0 bridgehead atoms. The molecule has 88 valence electrons. The average Bonchev–Trinajstić information content (AvgIpc) is 2.47. The van der Waals surface area contributed by atoms with Gasteiger partial charge < -0.3 is 0 Å². The molecule has 0 aliphatic rings. The van der Waals surface area contributed by atoms with Gasteiger partial charge in [-0.2, -0.15) is 0 Å². The minimum Gasteiger partial charge on any atom is -0.247 e. The third-order valence-corrected chi connectivity index (χ3v) is 3.82. The largest absolute Gasteiger partial charge is 0.247 e. The van der Waals surface area contributed by atoms with Crippen molar-refractivity contribution in [1.82, 2.24) is 9.97 Å². The summed E-state index contributed by atoms with van der Waals surface area (Å²) < 4.78 is 12.3. The SMILES string of the molecule is O=S(c1ccccn1)c1ccc2ccccc2n1. The Morgan fingerprint density at radius 3 is 2.50 bits per heavy atom. The molecule has 0 amide bonds. The summed E-state index contributed by atoms with van der Waals surface area (Å²) >= 11 is 0. The van der Waals surface area contributed by atoms with Crippen molar-refractivity contribution in [3.05, 3.63) is 60.8 Å². The number of rotatable bonds is 2. The quantitative estimate of drug-likeness (QED) is 0.706. The number of fused-ring (bicyclic) bond motifs is 1. The number of para-hydroxylation sites is 1. The van der Waals surface area contributed by atoms with Crippen molar-refractivity contribution < 1.29 is 4.21 Å². The molecule has 0 N–H and O–H groups in total. The Bertz CT molecular complexity index is 713. The fourth-order valence-corrected chi connectivity index (χ4v) is 2.66. The van der Waals surface area contributed by atoms with Crippen LogP contribution in [0.4, 0.5) is 0 Å². The fraction of sp³-hybridized carbons (Fsp3) is 0. The molecule has 0 aliphatic carbocycles. The van der Waals surface area contributed by atoms with E-state index in [4.69, 9.17) is 0 Å². The predicted octanol–water partition coefficient (Wildman–Crippen LogP) is 2.80. The van der Waals surface area contributed by atoms with Crippen molar-refractivity contribution in [2.24, 2.45) is 0 Å². The van der Waals surface area contributed by atoms with Crippen LogP contribution < -0.4 is 0 Å². The number of hydrogen-bond donors (Lipinski definition) is 0. The van der Waals surface area contributed by atoms with Crippen molar-refractivity contribution in [2.45, 2.75) is 10.1 Å². The normalized spacial score (nSPS) is 12.4. The maximum Gasteiger partial charge on any atom is 0.134 e. The summed E-state index contributed by atoms with van der Waals surface area (Å²) in [6.45, 7) is 0. The molecule has 0 radical (unpaired) electrons. The van der Waals surface area contributed by atoms with E-state index in [0.717, 1.165) is 10.9 Å². The lowest BCUT2D eigenvalue weighted by Crippen LogP contribution is -1.98. The van der Waals surface area contributed by atoms with Gasteiger partial charge in [-0.1, -0.05) is 30.3 Å². The molecule has 18 heavy (non-hydrogen) atoms. The van der Waals surface area contributed by atoms with Crippen molar-refractivity contribution in [1.29, 1.82) is 0 Å². The van der Waals surface area contributed by atoms with Gasteiger partial charge in [0.05, 0.1) is 5.52 Å². The van der Waals surface area contributed by atoms with Gasteiger partial charge in [0.2, 0.25) is 0 Å². The summed E-state index contributed by atoms with van der Waals surface area (Å²) in [6, 6.07) is 16.8. The Balaban J connectivity index is 2.07. The third-order valence-electron chi connectivity index (χ3n) is 2.59. The van der Waals surface area contributed by atoms with Crippen LogP contribution in [0.3, 0.4) is 0 Å². The molecule has 1 atom stereocenters. The van der Waals surface area contributed by atoms with Crippen LogP contribution in [0.2, 0.25) is 0 Å². The molecule has 2 aromatic heterocycles. The smallest absolute Gasteiger partial charge is 0.134 e. The highest BCUT2D eigenvalue weighted by molar-refractivity contribution is 7.84. The van der Waals surface area contributed by atoms with Gasteiger partial charge in [-0.25, -0.2) is 14.2 Å². The van der Waals surface area contributed by atoms with Gasteiger partial charge in [-0.3, -0.25) is 0 Å². The summed E-state index contributed by atoms with van der Waals surface area (Å²) in [6.07, 6.45) is 1.63. The molecule has 1 aromatic carbocycles. The zero-order valence-corrected chi connectivity index (χ0v) is 10.3. The van der Waals surface area contributed by atoms with Crippen LogP contribution in [0.15, 0.2) is 70.8 Å². The minimum absolute atomic E-state index is 0.528. The summed E-state index contributed by atoms with van der Waals surface area (Å²) in [5.74, 6) is 0. The Kier molecular flexibility index (Phi) is 2.86. The number of nitrogens with zero attached hydrogens (tertiary/aromatic N) is 2. The van der Waals surface area contributed by atoms with Crippen LogP contribution in [0.25, 0.3) is 10.9 Å². The van der Waals surface area contributed by atoms with Gasteiger partial charge in [-0.05, 0) is 24.3 Å². The molecule has 0 fully saturated rings. The summed E-state index contributed by atoms with van der Waals surface area (Å²) in [7, 11) is -1.33. The Morgan fingerprint density at radius 2 is 1.67 bits per heavy atom. The van der Waals surface area contributed by atoms with Gasteiger partial charge in [0.25, 0.3) is 0 Å². The molecule has 1 unspecified atom stereocenters. The second-order valence-corrected chi connectivity index (χ2v) is 5.15. The van der Waals surface area contributed by atoms with Crippen LogP contribution in [-0.4, -0.2) is 14.2 Å². The van der Waals surface area contributed by atoms with E-state index in [1.54, 1.807) is 24.4 Å². The molecular weight excluding hydrogens is 244 g/mol. The standard InChI is InChI=1S/C14H10N2OS/c17-18(13-7-3-4-10-15-13)14-9-8-11-5-1-2-6-12(11)16-14/h1-10H. The minimum atomic E-state index is -1.33. The van der Waals surface area contributed by atoms with Crippen LogP contribution in [0, 0.1) is 0 Å². The van der Waals surface area contributed by atoms with Crippen molar-refractivity contribution in [2.75, 3.05) is 0 Å². The molecule has 3 nitrogen and oxygen atoms in total. The number of pyridine rings is 2. The molecular formula is C14H10N2OS. The molecule has 3 aromatic rings. The molecule has 0 aliphatic heterocycles. The first kappa shape index (κ1) is 11.0. The van der Waals surface area contributed by atoms with E-state index in [1.165, 1.54) is 0 Å². The zero-order chi connectivity index (χ0) is 12.4. The predicted molar refractivity (Wildman–Crippen MR) is 70.7 cm³/mol. The second kappa shape index (κ2) is 4.66. The van der Waals surface area contributed by atoms with E-state index in [9.17, 15) is 4.21 Å². The first-order valence-electron chi connectivity index (χ1n) is 5.53. The molecule has 0 spiro atoms. The van der Waals surface area contributed by atoms with Gasteiger partial charge in [0, 0.05) is 11.6 Å². The highest BCUT2D eigenvalue weighted by Gasteiger charge is 2.09. The summed E-state index contributed by atoms with van der Waals surface area (Å²) in [5.41, 5.74) is 0.847. The topological polar surface area (TPSA) is 42.9 Å². The maximum absolute atomic E-state index is 12.3. The Morgan fingerprint density at radius 1 is 0.833 bits per heavy atom. The molecule has 2 heterocycles. The summed E-state index contributed by atoms with van der Waals surface area (Å²) in [4.78, 5) is 8.51. The molecule has 4 heteroatoms. The third kappa shape index (κ3) is 2.02. The van der Waals surface area contributed by atoms with Crippen molar-refractivity contribution in [3.63, 3.8) is 0 Å². The maximum atomic E-state index is 12.3.